The van der Waals surface area contributed by atoms with Crippen LogP contribution >= 0.6 is 0 Å². The molecule has 0 spiro atoms. The standard InChI is InChI=1S/C13H16N4O/c1-13(2,3)12(18)16-10-4-6-11(7-5-10)17-9-14-8-15-17/h4-9H,1-3H3,(H,16,18). The maximum absolute atomic E-state index is 11.8. The van der Waals surface area contributed by atoms with E-state index in [4.69, 9.17) is 0 Å². The Morgan fingerprint density at radius 3 is 2.39 bits per heavy atom. The maximum atomic E-state index is 11.8. The molecule has 94 valence electrons. The summed E-state index contributed by atoms with van der Waals surface area (Å²) in [5, 5.41) is 6.90. The van der Waals surface area contributed by atoms with Gasteiger partial charge in [-0.1, -0.05) is 20.8 Å². The minimum Gasteiger partial charge on any atom is -0.326 e. The van der Waals surface area contributed by atoms with Crippen molar-refractivity contribution in [2.45, 2.75) is 20.8 Å². The van der Waals surface area contributed by atoms with Crippen molar-refractivity contribution >= 4 is 11.6 Å². The zero-order valence-corrected chi connectivity index (χ0v) is 10.7. The Hall–Kier alpha value is -2.17. The van der Waals surface area contributed by atoms with Crippen LogP contribution in [0.1, 0.15) is 20.8 Å². The van der Waals surface area contributed by atoms with Gasteiger partial charge in [-0.25, -0.2) is 9.67 Å². The van der Waals surface area contributed by atoms with E-state index in [0.29, 0.717) is 0 Å². The molecule has 1 aromatic carbocycles. The molecule has 0 aliphatic rings. The number of anilines is 1. The van der Waals surface area contributed by atoms with Crippen molar-refractivity contribution in [2.24, 2.45) is 5.41 Å². The molecule has 5 heteroatoms. The van der Waals surface area contributed by atoms with Crippen LogP contribution in [0.3, 0.4) is 0 Å². The predicted molar refractivity (Wildman–Crippen MR) is 69.4 cm³/mol. The first-order valence-electron chi connectivity index (χ1n) is 5.73. The smallest absolute Gasteiger partial charge is 0.229 e. The Balaban J connectivity index is 2.12. The lowest BCUT2D eigenvalue weighted by Gasteiger charge is -2.17. The van der Waals surface area contributed by atoms with Gasteiger partial charge in [0.25, 0.3) is 0 Å². The molecule has 1 aromatic heterocycles. The van der Waals surface area contributed by atoms with Gasteiger partial charge in [0.2, 0.25) is 5.91 Å². The normalized spacial score (nSPS) is 11.3. The predicted octanol–water partition coefficient (Wildman–Crippen LogP) is 2.25. The highest BCUT2D eigenvalue weighted by Crippen LogP contribution is 2.18. The van der Waals surface area contributed by atoms with Crippen LogP contribution in [-0.2, 0) is 4.79 Å². The monoisotopic (exact) mass is 244 g/mol. The van der Waals surface area contributed by atoms with Crippen LogP contribution in [-0.4, -0.2) is 20.7 Å². The molecular formula is C13H16N4O. The molecule has 0 saturated carbocycles. The largest absolute Gasteiger partial charge is 0.326 e. The van der Waals surface area contributed by atoms with E-state index in [-0.39, 0.29) is 5.91 Å². The summed E-state index contributed by atoms with van der Waals surface area (Å²) in [6.45, 7) is 5.64. The van der Waals surface area contributed by atoms with Gasteiger partial charge in [-0.15, -0.1) is 0 Å². The molecule has 0 unspecified atom stereocenters. The lowest BCUT2D eigenvalue weighted by Crippen LogP contribution is -2.27. The first kappa shape index (κ1) is 12.3. The second-order valence-corrected chi connectivity index (χ2v) is 5.09. The zero-order valence-electron chi connectivity index (χ0n) is 10.7. The summed E-state index contributed by atoms with van der Waals surface area (Å²) in [6.07, 6.45) is 3.11. The van der Waals surface area contributed by atoms with Gasteiger partial charge in [0.1, 0.15) is 12.7 Å². The van der Waals surface area contributed by atoms with E-state index < -0.39 is 5.41 Å². The molecule has 0 aliphatic carbocycles. The highest BCUT2D eigenvalue weighted by atomic mass is 16.2. The summed E-state index contributed by atoms with van der Waals surface area (Å²) >= 11 is 0. The Morgan fingerprint density at radius 1 is 1.22 bits per heavy atom. The second-order valence-electron chi connectivity index (χ2n) is 5.09. The van der Waals surface area contributed by atoms with Crippen LogP contribution in [0.5, 0.6) is 0 Å². The van der Waals surface area contributed by atoms with Crippen molar-refractivity contribution in [2.75, 3.05) is 5.32 Å². The van der Waals surface area contributed by atoms with Crippen LogP contribution in [0.15, 0.2) is 36.9 Å². The van der Waals surface area contributed by atoms with Crippen LogP contribution in [0.4, 0.5) is 5.69 Å². The second kappa shape index (κ2) is 4.60. The van der Waals surface area contributed by atoms with Crippen LogP contribution < -0.4 is 5.32 Å². The number of hydrogen-bond acceptors (Lipinski definition) is 3. The first-order valence-corrected chi connectivity index (χ1v) is 5.73. The molecule has 0 radical (unpaired) electrons. The summed E-state index contributed by atoms with van der Waals surface area (Å²) in [6, 6.07) is 7.46. The Bertz CT molecular complexity index is 523. The van der Waals surface area contributed by atoms with Gasteiger partial charge in [-0.2, -0.15) is 5.10 Å². The molecule has 2 aromatic rings. The number of aromatic nitrogens is 3. The third-order valence-electron chi connectivity index (χ3n) is 2.49. The summed E-state index contributed by atoms with van der Waals surface area (Å²) in [5.41, 5.74) is 1.28. The van der Waals surface area contributed by atoms with Gasteiger partial charge in [-0.05, 0) is 24.3 Å². The number of carbonyl (C=O) groups is 1. The van der Waals surface area contributed by atoms with Gasteiger partial charge < -0.3 is 5.32 Å². The van der Waals surface area contributed by atoms with Crippen LogP contribution in [0.2, 0.25) is 0 Å². The number of nitrogens with one attached hydrogen (secondary N) is 1. The maximum Gasteiger partial charge on any atom is 0.229 e. The van der Waals surface area contributed by atoms with Crippen LogP contribution in [0.25, 0.3) is 5.69 Å². The zero-order chi connectivity index (χ0) is 13.2. The fourth-order valence-corrected chi connectivity index (χ4v) is 1.36. The summed E-state index contributed by atoms with van der Waals surface area (Å²) < 4.78 is 1.66. The highest BCUT2D eigenvalue weighted by Gasteiger charge is 2.20. The van der Waals surface area contributed by atoms with E-state index in [1.165, 1.54) is 6.33 Å². The molecule has 2 rings (SSSR count). The quantitative estimate of drug-likeness (QED) is 0.881. The molecule has 0 bridgehead atoms. The van der Waals surface area contributed by atoms with Gasteiger partial charge in [0.15, 0.2) is 0 Å². The van der Waals surface area contributed by atoms with Gasteiger partial charge in [0.05, 0.1) is 5.69 Å². The van der Waals surface area contributed by atoms with Gasteiger partial charge in [0, 0.05) is 11.1 Å². The number of hydrogen-bond donors (Lipinski definition) is 1. The highest BCUT2D eigenvalue weighted by molar-refractivity contribution is 5.94. The lowest BCUT2D eigenvalue weighted by molar-refractivity contribution is -0.123. The molecule has 1 heterocycles. The Kier molecular flexibility index (Phi) is 3.14. The van der Waals surface area contributed by atoms with Crippen molar-refractivity contribution in [3.05, 3.63) is 36.9 Å². The third-order valence-corrected chi connectivity index (χ3v) is 2.49. The molecule has 18 heavy (non-hydrogen) atoms. The van der Waals surface area contributed by atoms with Gasteiger partial charge in [-0.3, -0.25) is 4.79 Å². The first-order chi connectivity index (χ1) is 8.47. The molecule has 1 N–H and O–H groups in total. The van der Waals surface area contributed by atoms with Crippen LogP contribution in [0, 0.1) is 5.41 Å². The van der Waals surface area contributed by atoms with E-state index in [0.717, 1.165) is 11.4 Å². The number of benzene rings is 1. The van der Waals surface area contributed by atoms with E-state index >= 15 is 0 Å². The molecule has 0 aliphatic heterocycles. The average molecular weight is 244 g/mol. The van der Waals surface area contributed by atoms with Crippen molar-refractivity contribution in [3.63, 3.8) is 0 Å². The topological polar surface area (TPSA) is 59.8 Å². The molecule has 0 atom stereocenters. The molecule has 1 amide bonds. The molecule has 0 fully saturated rings. The molecule has 5 nitrogen and oxygen atoms in total. The lowest BCUT2D eigenvalue weighted by atomic mass is 9.95. The minimum absolute atomic E-state index is 0.00370. The Morgan fingerprint density at radius 2 is 1.89 bits per heavy atom. The fourth-order valence-electron chi connectivity index (χ4n) is 1.36. The molecule has 0 saturated heterocycles. The van der Waals surface area contributed by atoms with E-state index in [2.05, 4.69) is 15.4 Å². The van der Waals surface area contributed by atoms with Crippen molar-refractivity contribution in [3.8, 4) is 5.69 Å². The van der Waals surface area contributed by atoms with E-state index in [1.807, 2.05) is 45.0 Å². The van der Waals surface area contributed by atoms with Crippen molar-refractivity contribution in [1.82, 2.24) is 14.8 Å². The minimum atomic E-state index is -0.398. The summed E-state index contributed by atoms with van der Waals surface area (Å²) in [4.78, 5) is 15.7. The molecular weight excluding hydrogens is 228 g/mol. The summed E-state index contributed by atoms with van der Waals surface area (Å²) in [7, 11) is 0. The van der Waals surface area contributed by atoms with E-state index in [9.17, 15) is 4.79 Å². The third kappa shape index (κ3) is 2.74. The summed E-state index contributed by atoms with van der Waals surface area (Å²) in [5.74, 6) is -0.00370. The fraction of sp³-hybridized carbons (Fsp3) is 0.308. The van der Waals surface area contributed by atoms with Crippen molar-refractivity contribution in [1.29, 1.82) is 0 Å². The Labute approximate surface area is 106 Å². The number of carbonyl (C=O) groups excluding carboxylic acids is 1. The average Bonchev–Trinajstić information content (AvgIpc) is 2.82. The SMILES string of the molecule is CC(C)(C)C(=O)Nc1ccc(-n2cncn2)cc1. The number of nitrogens with zero attached hydrogens (tertiary/aromatic N) is 3. The number of rotatable bonds is 2. The van der Waals surface area contributed by atoms with E-state index in [1.54, 1.807) is 11.0 Å². The van der Waals surface area contributed by atoms with Gasteiger partial charge >= 0.3 is 0 Å². The van der Waals surface area contributed by atoms with Crippen molar-refractivity contribution < 1.29 is 4.79 Å². The number of amides is 1.